The van der Waals surface area contributed by atoms with Crippen molar-refractivity contribution in [3.05, 3.63) is 72.3 Å². The normalized spacial score (nSPS) is 16.7. The van der Waals surface area contributed by atoms with E-state index in [0.717, 1.165) is 29.5 Å². The second-order valence-electron chi connectivity index (χ2n) is 7.46. The van der Waals surface area contributed by atoms with Crippen LogP contribution in [0.1, 0.15) is 18.4 Å². The van der Waals surface area contributed by atoms with Gasteiger partial charge in [0, 0.05) is 5.69 Å². The minimum atomic E-state index is -2.00. The topological polar surface area (TPSA) is 84.9 Å². The van der Waals surface area contributed by atoms with E-state index in [2.05, 4.69) is 5.32 Å². The van der Waals surface area contributed by atoms with E-state index in [0.29, 0.717) is 22.1 Å². The molecule has 1 aliphatic carbocycles. The first kappa shape index (κ1) is 18.8. The highest BCUT2D eigenvalue weighted by Crippen LogP contribution is 2.51. The van der Waals surface area contributed by atoms with E-state index in [1.807, 2.05) is 42.5 Å². The second-order valence-corrected chi connectivity index (χ2v) is 8.43. The van der Waals surface area contributed by atoms with Gasteiger partial charge in [-0.1, -0.05) is 30.3 Å². The lowest BCUT2D eigenvalue weighted by Crippen LogP contribution is -2.27. The van der Waals surface area contributed by atoms with Gasteiger partial charge in [0.25, 0.3) is 0 Å². The Bertz CT molecular complexity index is 1150. The van der Waals surface area contributed by atoms with Gasteiger partial charge in [-0.05, 0) is 65.9 Å². The van der Waals surface area contributed by atoms with Gasteiger partial charge in [0.05, 0.1) is 10.3 Å². The molecule has 5 rings (SSSR count). The van der Waals surface area contributed by atoms with Crippen LogP contribution >= 0.6 is 0 Å². The molecule has 0 aromatic heterocycles. The van der Waals surface area contributed by atoms with E-state index in [1.165, 1.54) is 0 Å². The summed E-state index contributed by atoms with van der Waals surface area (Å²) in [5.74, 6) is 1.35. The first-order valence-electron chi connectivity index (χ1n) is 9.58. The van der Waals surface area contributed by atoms with Crippen molar-refractivity contribution in [2.24, 2.45) is 0 Å². The van der Waals surface area contributed by atoms with Crippen molar-refractivity contribution in [3.63, 3.8) is 0 Å². The first-order valence-corrected chi connectivity index (χ1v) is 10.7. The minimum Gasteiger partial charge on any atom is -0.454 e. The summed E-state index contributed by atoms with van der Waals surface area (Å²) in [6.07, 6.45) is 1.58. The predicted octanol–water partition coefficient (Wildman–Crippen LogP) is 4.33. The average Bonchev–Trinajstić information content (AvgIpc) is 3.45. The molecule has 2 aliphatic rings. The number of hydrogen-bond donors (Lipinski definition) is 2. The van der Waals surface area contributed by atoms with Gasteiger partial charge in [-0.15, -0.1) is 0 Å². The number of rotatable bonds is 5. The van der Waals surface area contributed by atoms with Crippen LogP contribution < -0.4 is 14.8 Å². The Labute approximate surface area is 176 Å². The highest BCUT2D eigenvalue weighted by molar-refractivity contribution is 7.79. The monoisotopic (exact) mass is 421 g/mol. The fraction of sp³-hybridized carbons (Fsp3) is 0.174. The van der Waals surface area contributed by atoms with E-state index in [1.54, 1.807) is 24.3 Å². The number of nitrogens with one attached hydrogen (secondary N) is 1. The second kappa shape index (κ2) is 7.27. The molecular formula is C23H19NO5S. The SMILES string of the molecule is O=C(Nc1cccc(-c2ccc(S(=O)O)cc2)c1)C1(c2ccc3c(c2)OCO3)CC1. The van der Waals surface area contributed by atoms with Crippen molar-refractivity contribution >= 4 is 22.7 Å². The third kappa shape index (κ3) is 3.36. The maximum Gasteiger partial charge on any atom is 0.235 e. The summed E-state index contributed by atoms with van der Waals surface area (Å²) in [5, 5.41) is 3.05. The molecule has 152 valence electrons. The van der Waals surface area contributed by atoms with E-state index in [4.69, 9.17) is 14.0 Å². The lowest BCUT2D eigenvalue weighted by molar-refractivity contribution is -0.118. The zero-order valence-electron chi connectivity index (χ0n) is 16.0. The molecule has 1 atom stereocenters. The number of carbonyl (C=O) groups is 1. The lowest BCUT2D eigenvalue weighted by atomic mass is 9.94. The van der Waals surface area contributed by atoms with Crippen LogP contribution in [0.15, 0.2) is 71.6 Å². The van der Waals surface area contributed by atoms with Crippen LogP contribution in [-0.4, -0.2) is 21.5 Å². The number of anilines is 1. The standard InChI is InChI=1S/C23H19NO5S/c25-22(23(10-11-23)17-6-9-20-21(13-17)29-14-28-20)24-18-3-1-2-16(12-18)15-4-7-19(8-5-15)30(26)27/h1-9,12-13H,10-11,14H2,(H,24,25)(H,26,27). The molecule has 2 N–H and O–H groups in total. The molecule has 3 aromatic rings. The van der Waals surface area contributed by atoms with Crippen molar-refractivity contribution in [3.8, 4) is 22.6 Å². The summed E-state index contributed by atoms with van der Waals surface area (Å²) >= 11 is -2.00. The molecule has 1 amide bonds. The van der Waals surface area contributed by atoms with Crippen LogP contribution in [0.2, 0.25) is 0 Å². The lowest BCUT2D eigenvalue weighted by Gasteiger charge is -2.17. The Hall–Kier alpha value is -3.16. The molecule has 0 radical (unpaired) electrons. The molecule has 0 saturated heterocycles. The molecule has 1 heterocycles. The van der Waals surface area contributed by atoms with Gasteiger partial charge in [-0.25, -0.2) is 4.21 Å². The molecule has 0 spiro atoms. The maximum absolute atomic E-state index is 13.1. The van der Waals surface area contributed by atoms with E-state index in [9.17, 15) is 9.00 Å². The molecule has 1 unspecified atom stereocenters. The summed E-state index contributed by atoms with van der Waals surface area (Å²) in [6.45, 7) is 0.208. The highest BCUT2D eigenvalue weighted by atomic mass is 32.2. The fourth-order valence-electron chi connectivity index (χ4n) is 3.76. The maximum atomic E-state index is 13.1. The quantitative estimate of drug-likeness (QED) is 0.599. The summed E-state index contributed by atoms with van der Waals surface area (Å²) in [7, 11) is 0. The molecule has 7 heteroatoms. The van der Waals surface area contributed by atoms with E-state index in [-0.39, 0.29) is 12.7 Å². The summed E-state index contributed by atoms with van der Waals surface area (Å²) in [4.78, 5) is 13.5. The summed E-state index contributed by atoms with van der Waals surface area (Å²) in [6, 6.07) is 20.1. The van der Waals surface area contributed by atoms with Gasteiger partial charge in [-0.3, -0.25) is 4.79 Å². The van der Waals surface area contributed by atoms with Crippen LogP contribution in [0.4, 0.5) is 5.69 Å². The van der Waals surface area contributed by atoms with Crippen LogP contribution in [0.25, 0.3) is 11.1 Å². The predicted molar refractivity (Wildman–Crippen MR) is 113 cm³/mol. The molecule has 1 saturated carbocycles. The first-order chi connectivity index (χ1) is 14.5. The minimum absolute atomic E-state index is 0.0375. The van der Waals surface area contributed by atoms with Gasteiger partial charge in [-0.2, -0.15) is 0 Å². The van der Waals surface area contributed by atoms with Crippen molar-refractivity contribution in [2.45, 2.75) is 23.2 Å². The zero-order chi connectivity index (χ0) is 20.7. The number of amides is 1. The molecule has 0 bridgehead atoms. The Morgan fingerprint density at radius 3 is 2.43 bits per heavy atom. The number of fused-ring (bicyclic) bond motifs is 1. The molecule has 1 aliphatic heterocycles. The molecule has 3 aromatic carbocycles. The fourth-order valence-corrected chi connectivity index (χ4v) is 4.13. The van der Waals surface area contributed by atoms with E-state index >= 15 is 0 Å². The average molecular weight is 421 g/mol. The third-order valence-corrected chi connectivity index (χ3v) is 6.29. The zero-order valence-corrected chi connectivity index (χ0v) is 16.8. The Morgan fingerprint density at radius 2 is 1.70 bits per heavy atom. The number of carbonyl (C=O) groups excluding carboxylic acids is 1. The molecule has 6 nitrogen and oxygen atoms in total. The number of ether oxygens (including phenoxy) is 2. The van der Waals surface area contributed by atoms with Crippen molar-refractivity contribution in [1.29, 1.82) is 0 Å². The number of hydrogen-bond acceptors (Lipinski definition) is 4. The van der Waals surface area contributed by atoms with Gasteiger partial charge in [0.1, 0.15) is 0 Å². The number of benzene rings is 3. The van der Waals surface area contributed by atoms with E-state index < -0.39 is 16.5 Å². The van der Waals surface area contributed by atoms with Crippen LogP contribution in [0.3, 0.4) is 0 Å². The smallest absolute Gasteiger partial charge is 0.235 e. The van der Waals surface area contributed by atoms with Crippen LogP contribution in [0, 0.1) is 0 Å². The van der Waals surface area contributed by atoms with Crippen LogP contribution in [-0.2, 0) is 21.3 Å². The highest BCUT2D eigenvalue weighted by Gasteiger charge is 2.51. The van der Waals surface area contributed by atoms with Gasteiger partial charge in [0.15, 0.2) is 22.6 Å². The van der Waals surface area contributed by atoms with Crippen molar-refractivity contribution in [2.75, 3.05) is 12.1 Å². The summed E-state index contributed by atoms with van der Waals surface area (Å²) < 4.78 is 31.1. The van der Waals surface area contributed by atoms with Gasteiger partial charge >= 0.3 is 0 Å². The molecule has 1 fully saturated rings. The Morgan fingerprint density at radius 1 is 0.933 bits per heavy atom. The van der Waals surface area contributed by atoms with Gasteiger partial charge in [0.2, 0.25) is 12.7 Å². The van der Waals surface area contributed by atoms with Crippen LogP contribution in [0.5, 0.6) is 11.5 Å². The largest absolute Gasteiger partial charge is 0.454 e. The Balaban J connectivity index is 1.36. The summed E-state index contributed by atoms with van der Waals surface area (Å²) in [5.41, 5.74) is 2.92. The van der Waals surface area contributed by atoms with Crippen molar-refractivity contribution in [1.82, 2.24) is 0 Å². The van der Waals surface area contributed by atoms with Crippen molar-refractivity contribution < 1.29 is 23.0 Å². The Kier molecular flexibility index (Phi) is 4.56. The third-order valence-electron chi connectivity index (χ3n) is 5.62. The molecular weight excluding hydrogens is 402 g/mol. The van der Waals surface area contributed by atoms with Gasteiger partial charge < -0.3 is 19.3 Å². The molecule has 30 heavy (non-hydrogen) atoms.